The van der Waals surface area contributed by atoms with Gasteiger partial charge in [-0.2, -0.15) is 0 Å². The Morgan fingerprint density at radius 1 is 1.03 bits per heavy atom. The molecule has 1 aliphatic rings. The molecule has 8 heteroatoms. The van der Waals surface area contributed by atoms with Gasteiger partial charge in [-0.25, -0.2) is 4.79 Å². The van der Waals surface area contributed by atoms with E-state index in [2.05, 4.69) is 18.4 Å². The van der Waals surface area contributed by atoms with Crippen LogP contribution in [0, 0.1) is 0 Å². The molecule has 35 heavy (non-hydrogen) atoms. The number of aromatic nitrogens is 3. The van der Waals surface area contributed by atoms with Crippen molar-refractivity contribution in [1.82, 2.24) is 13.7 Å². The van der Waals surface area contributed by atoms with Crippen molar-refractivity contribution in [3.63, 3.8) is 0 Å². The molecule has 0 aliphatic carbocycles. The predicted octanol–water partition coefficient (Wildman–Crippen LogP) is 4.61. The van der Waals surface area contributed by atoms with Crippen molar-refractivity contribution in [1.29, 1.82) is 0 Å². The lowest BCUT2D eigenvalue weighted by molar-refractivity contribution is -0.00709. The Hall–Kier alpha value is -3.29. The lowest BCUT2D eigenvalue weighted by Gasteiger charge is -2.39. The zero-order valence-electron chi connectivity index (χ0n) is 20.5. The van der Waals surface area contributed by atoms with Crippen molar-refractivity contribution in [2.24, 2.45) is 14.1 Å². The highest BCUT2D eigenvalue weighted by atomic mass is 35.5. The maximum Gasteiger partial charge on any atom is 0.331 e. The molecule has 182 valence electrons. The summed E-state index contributed by atoms with van der Waals surface area (Å²) in [6.07, 6.45) is -0.472. The summed E-state index contributed by atoms with van der Waals surface area (Å²) in [5.74, 6) is 0.774. The van der Waals surface area contributed by atoms with Crippen molar-refractivity contribution in [3.8, 4) is 17.0 Å². The Morgan fingerprint density at radius 3 is 2.31 bits per heavy atom. The molecule has 1 aliphatic heterocycles. The van der Waals surface area contributed by atoms with Gasteiger partial charge in [0.05, 0.1) is 41.0 Å². The van der Waals surface area contributed by atoms with E-state index in [1.807, 2.05) is 55.5 Å². The largest absolute Gasteiger partial charge is 0.494 e. The fourth-order valence-electron chi connectivity index (χ4n) is 5.04. The van der Waals surface area contributed by atoms with Crippen LogP contribution in [0.1, 0.15) is 38.1 Å². The molecule has 0 radical (unpaired) electrons. The highest BCUT2D eigenvalue weighted by Crippen LogP contribution is 2.45. The molecule has 0 bridgehead atoms. The Kier molecular flexibility index (Phi) is 5.65. The fourth-order valence-corrected chi connectivity index (χ4v) is 5.16. The third-order valence-corrected chi connectivity index (χ3v) is 6.93. The molecule has 0 amide bonds. The second kappa shape index (κ2) is 8.43. The quantitative estimate of drug-likeness (QED) is 0.416. The van der Waals surface area contributed by atoms with E-state index in [1.165, 1.54) is 7.05 Å². The lowest BCUT2D eigenvalue weighted by Crippen LogP contribution is -2.40. The first-order valence-electron chi connectivity index (χ1n) is 11.6. The van der Waals surface area contributed by atoms with Crippen LogP contribution < -0.4 is 16.0 Å². The monoisotopic (exact) mass is 493 g/mol. The van der Waals surface area contributed by atoms with Crippen molar-refractivity contribution < 1.29 is 9.47 Å². The van der Waals surface area contributed by atoms with E-state index in [4.69, 9.17) is 21.1 Å². The van der Waals surface area contributed by atoms with E-state index in [9.17, 15) is 9.59 Å². The van der Waals surface area contributed by atoms with E-state index < -0.39 is 11.6 Å². The summed E-state index contributed by atoms with van der Waals surface area (Å²) in [5, 5.41) is 1.10. The van der Waals surface area contributed by atoms with E-state index in [1.54, 1.807) is 11.6 Å². The summed E-state index contributed by atoms with van der Waals surface area (Å²) in [6, 6.07) is 15.2. The summed E-state index contributed by atoms with van der Waals surface area (Å²) in [7, 11) is 3.21. The summed E-state index contributed by atoms with van der Waals surface area (Å²) in [5.41, 5.74) is 2.68. The summed E-state index contributed by atoms with van der Waals surface area (Å²) in [4.78, 5) is 26.6. The van der Waals surface area contributed by atoms with Gasteiger partial charge in [-0.05, 0) is 56.2 Å². The molecule has 0 spiro atoms. The molecule has 5 rings (SSSR count). The first-order chi connectivity index (χ1) is 16.7. The van der Waals surface area contributed by atoms with E-state index in [0.717, 1.165) is 32.8 Å². The number of halogens is 1. The smallest absolute Gasteiger partial charge is 0.331 e. The number of aryl methyl sites for hydroxylation is 1. The number of benzene rings is 2. The number of nitrogens with zero attached hydrogens (tertiary/aromatic N) is 3. The Morgan fingerprint density at radius 2 is 1.69 bits per heavy atom. The molecule has 3 heterocycles. The third kappa shape index (κ3) is 3.61. The lowest BCUT2D eigenvalue weighted by atomic mass is 9.98. The Bertz CT molecular complexity index is 1540. The Labute approximate surface area is 208 Å². The van der Waals surface area contributed by atoms with Gasteiger partial charge in [-0.1, -0.05) is 35.9 Å². The normalized spacial score (nSPS) is 16.9. The van der Waals surface area contributed by atoms with Gasteiger partial charge in [0.2, 0.25) is 0 Å². The van der Waals surface area contributed by atoms with Gasteiger partial charge in [0.1, 0.15) is 11.9 Å². The number of hydrogen-bond acceptors (Lipinski definition) is 4. The molecule has 0 saturated carbocycles. The second-order valence-corrected chi connectivity index (χ2v) is 9.95. The molecule has 1 atom stereocenters. The van der Waals surface area contributed by atoms with Crippen LogP contribution in [0.4, 0.5) is 0 Å². The molecule has 4 aromatic rings. The van der Waals surface area contributed by atoms with Crippen LogP contribution in [0.25, 0.3) is 22.2 Å². The van der Waals surface area contributed by atoms with Crippen LogP contribution >= 0.6 is 11.6 Å². The first kappa shape index (κ1) is 23.5. The molecule has 2 aromatic carbocycles. The fraction of sp³-hybridized carbons (Fsp3) is 0.333. The second-order valence-electron chi connectivity index (χ2n) is 9.51. The van der Waals surface area contributed by atoms with E-state index in [-0.39, 0.29) is 11.2 Å². The molecule has 0 N–H and O–H groups in total. The molecular weight excluding hydrogens is 466 g/mol. The van der Waals surface area contributed by atoms with Gasteiger partial charge >= 0.3 is 5.69 Å². The average molecular weight is 494 g/mol. The predicted molar refractivity (Wildman–Crippen MR) is 138 cm³/mol. The van der Waals surface area contributed by atoms with E-state index in [0.29, 0.717) is 29.1 Å². The van der Waals surface area contributed by atoms with Crippen molar-refractivity contribution in [2.45, 2.75) is 32.4 Å². The maximum atomic E-state index is 13.6. The van der Waals surface area contributed by atoms with Crippen LogP contribution in [0.5, 0.6) is 5.75 Å². The van der Waals surface area contributed by atoms with Gasteiger partial charge in [0.25, 0.3) is 5.56 Å². The standard InChI is InChI=1S/C27H28ClN3O4/c1-6-34-19-13-9-17(10-14-19)24-23-22-20(25(32)30(5)26(33)29(22)4)21(16-7-11-18(28)12-8-16)31(23)27(2,3)15-35-24/h7-14,24H,6,15H2,1-5H3/t24-/m0/s1. The van der Waals surface area contributed by atoms with Gasteiger partial charge < -0.3 is 14.0 Å². The molecular formula is C27H28ClN3O4. The number of ether oxygens (including phenoxy) is 2. The molecule has 2 aromatic heterocycles. The summed E-state index contributed by atoms with van der Waals surface area (Å²) >= 11 is 6.18. The summed E-state index contributed by atoms with van der Waals surface area (Å²) < 4.78 is 16.9. The van der Waals surface area contributed by atoms with Gasteiger partial charge in [0.15, 0.2) is 0 Å². The zero-order valence-corrected chi connectivity index (χ0v) is 21.2. The van der Waals surface area contributed by atoms with Crippen LogP contribution in [-0.2, 0) is 24.4 Å². The number of fused-ring (bicyclic) bond motifs is 3. The van der Waals surface area contributed by atoms with Gasteiger partial charge in [-0.3, -0.25) is 13.9 Å². The van der Waals surface area contributed by atoms with Crippen LogP contribution in [0.3, 0.4) is 0 Å². The third-order valence-electron chi connectivity index (χ3n) is 6.68. The van der Waals surface area contributed by atoms with Crippen molar-refractivity contribution in [3.05, 3.63) is 85.6 Å². The SMILES string of the molecule is CCOc1ccc([C@@H]2OCC(C)(C)n3c(-c4ccc(Cl)cc4)c4c(=O)n(C)c(=O)n(C)c4c32)cc1. The zero-order chi connectivity index (χ0) is 25.1. The average Bonchev–Trinajstić information content (AvgIpc) is 3.20. The van der Waals surface area contributed by atoms with Crippen molar-refractivity contribution >= 4 is 22.5 Å². The minimum absolute atomic E-state index is 0.337. The Balaban J connectivity index is 1.91. The van der Waals surface area contributed by atoms with Crippen LogP contribution in [0.2, 0.25) is 5.02 Å². The minimum Gasteiger partial charge on any atom is -0.494 e. The molecule has 0 fully saturated rings. The highest BCUT2D eigenvalue weighted by Gasteiger charge is 2.40. The minimum atomic E-state index is -0.480. The van der Waals surface area contributed by atoms with Crippen LogP contribution in [-0.4, -0.2) is 26.9 Å². The number of hydrogen-bond donors (Lipinski definition) is 0. The van der Waals surface area contributed by atoms with Gasteiger partial charge in [-0.15, -0.1) is 0 Å². The topological polar surface area (TPSA) is 67.4 Å². The van der Waals surface area contributed by atoms with E-state index >= 15 is 0 Å². The van der Waals surface area contributed by atoms with Gasteiger partial charge in [0, 0.05) is 19.1 Å². The summed E-state index contributed by atoms with van der Waals surface area (Å²) in [6.45, 7) is 7.10. The van der Waals surface area contributed by atoms with Crippen molar-refractivity contribution in [2.75, 3.05) is 13.2 Å². The van der Waals surface area contributed by atoms with Crippen LogP contribution in [0.15, 0.2) is 58.1 Å². The maximum absolute atomic E-state index is 13.6. The number of rotatable bonds is 4. The first-order valence-corrected chi connectivity index (χ1v) is 12.0. The highest BCUT2D eigenvalue weighted by molar-refractivity contribution is 6.30. The molecule has 0 unspecified atom stereocenters. The molecule has 0 saturated heterocycles. The molecule has 7 nitrogen and oxygen atoms in total.